The van der Waals surface area contributed by atoms with E-state index in [0.29, 0.717) is 17.4 Å². The van der Waals surface area contributed by atoms with Gasteiger partial charge in [0.15, 0.2) is 0 Å². The number of rotatable bonds is 2. The molecule has 4 heteroatoms. The fourth-order valence-corrected chi connectivity index (χ4v) is 3.57. The van der Waals surface area contributed by atoms with Crippen molar-refractivity contribution < 1.29 is 4.42 Å². The molecule has 4 nitrogen and oxygen atoms in total. The first-order valence-corrected chi connectivity index (χ1v) is 8.73. The molecular weight excluding hydrogens is 338 g/mol. The minimum atomic E-state index is -0.643. The molecule has 0 aliphatic heterocycles. The highest BCUT2D eigenvalue weighted by molar-refractivity contribution is 5.96. The Morgan fingerprint density at radius 1 is 0.704 bits per heavy atom. The summed E-state index contributed by atoms with van der Waals surface area (Å²) >= 11 is 0. The van der Waals surface area contributed by atoms with E-state index in [2.05, 4.69) is 6.07 Å². The zero-order valence-electron chi connectivity index (χ0n) is 14.4. The Balaban J connectivity index is 1.74. The summed E-state index contributed by atoms with van der Waals surface area (Å²) in [6, 6.07) is 25.6. The Hall–Kier alpha value is -3.66. The van der Waals surface area contributed by atoms with Gasteiger partial charge >= 0.3 is 11.4 Å². The molecule has 5 aromatic rings. The summed E-state index contributed by atoms with van der Waals surface area (Å²) in [5.41, 5.74) is 0.956. The number of nitrogens with zero attached hydrogens (tertiary/aromatic N) is 1. The quantitative estimate of drug-likeness (QED) is 0.444. The standard InChI is InChI=1S/C23H15NO3/c25-22-20-12-18-7-3-4-8-19(18)13-21(20)24(23(26)27-22)14-15-9-10-16-5-1-2-6-17(16)11-15/h1-13H,14H2. The monoisotopic (exact) mass is 353 g/mol. The summed E-state index contributed by atoms with van der Waals surface area (Å²) in [6.07, 6.45) is 0. The zero-order valence-corrected chi connectivity index (χ0v) is 14.4. The van der Waals surface area contributed by atoms with E-state index in [-0.39, 0.29) is 0 Å². The molecule has 0 aliphatic carbocycles. The zero-order chi connectivity index (χ0) is 18.4. The minimum absolute atomic E-state index is 0.336. The maximum atomic E-state index is 12.5. The highest BCUT2D eigenvalue weighted by Crippen LogP contribution is 2.21. The van der Waals surface area contributed by atoms with Crippen molar-refractivity contribution in [3.05, 3.63) is 105 Å². The topological polar surface area (TPSA) is 52.2 Å². The average molecular weight is 353 g/mol. The molecule has 1 heterocycles. The summed E-state index contributed by atoms with van der Waals surface area (Å²) in [5, 5.41) is 4.57. The molecule has 27 heavy (non-hydrogen) atoms. The first kappa shape index (κ1) is 15.6. The summed E-state index contributed by atoms with van der Waals surface area (Å²) in [7, 11) is 0. The van der Waals surface area contributed by atoms with Gasteiger partial charge in [-0.1, -0.05) is 60.7 Å². The Morgan fingerprint density at radius 2 is 1.33 bits per heavy atom. The second-order valence-corrected chi connectivity index (χ2v) is 6.64. The molecule has 0 atom stereocenters. The van der Waals surface area contributed by atoms with E-state index in [1.54, 1.807) is 6.07 Å². The molecule has 0 amide bonds. The van der Waals surface area contributed by atoms with Gasteiger partial charge in [-0.2, -0.15) is 0 Å². The van der Waals surface area contributed by atoms with Gasteiger partial charge in [-0.15, -0.1) is 0 Å². The lowest BCUT2D eigenvalue weighted by Crippen LogP contribution is -2.25. The second kappa shape index (κ2) is 5.95. The molecule has 0 unspecified atom stereocenters. The van der Waals surface area contributed by atoms with Crippen LogP contribution in [0.4, 0.5) is 0 Å². The van der Waals surface area contributed by atoms with E-state index in [4.69, 9.17) is 4.42 Å². The van der Waals surface area contributed by atoms with Crippen LogP contribution in [0, 0.1) is 0 Å². The fourth-order valence-electron chi connectivity index (χ4n) is 3.57. The lowest BCUT2D eigenvalue weighted by molar-refractivity contribution is 0.425. The van der Waals surface area contributed by atoms with Gasteiger partial charge in [0.1, 0.15) is 0 Å². The molecule has 0 fully saturated rings. The maximum absolute atomic E-state index is 12.5. The first-order valence-electron chi connectivity index (χ1n) is 8.73. The number of benzene rings is 4. The van der Waals surface area contributed by atoms with Gasteiger partial charge in [-0.05, 0) is 45.3 Å². The molecule has 0 radical (unpaired) electrons. The molecular formula is C23H15NO3. The van der Waals surface area contributed by atoms with Crippen LogP contribution in [0.15, 0.2) is 92.9 Å². The van der Waals surface area contributed by atoms with Crippen LogP contribution in [-0.4, -0.2) is 4.57 Å². The molecule has 5 rings (SSSR count). The van der Waals surface area contributed by atoms with Gasteiger partial charge in [0.2, 0.25) is 0 Å². The molecule has 0 saturated carbocycles. The predicted octanol–water partition coefficient (Wildman–Crippen LogP) is 4.31. The smallest absolute Gasteiger partial charge is 0.372 e. The van der Waals surface area contributed by atoms with Crippen molar-refractivity contribution in [2.45, 2.75) is 6.54 Å². The van der Waals surface area contributed by atoms with Gasteiger partial charge in [-0.3, -0.25) is 4.57 Å². The first-order chi connectivity index (χ1) is 13.2. The molecule has 0 N–H and O–H groups in total. The molecule has 0 aliphatic rings. The summed E-state index contributed by atoms with van der Waals surface area (Å²) in [4.78, 5) is 24.7. The number of hydrogen-bond donors (Lipinski definition) is 0. The van der Waals surface area contributed by atoms with Crippen molar-refractivity contribution in [3.63, 3.8) is 0 Å². The Labute approximate surface area is 153 Å². The van der Waals surface area contributed by atoms with Crippen LogP contribution in [-0.2, 0) is 6.54 Å². The lowest BCUT2D eigenvalue weighted by Gasteiger charge is -2.10. The number of fused-ring (bicyclic) bond motifs is 3. The van der Waals surface area contributed by atoms with Gasteiger partial charge in [0, 0.05) is 0 Å². The Kier molecular flexibility index (Phi) is 3.44. The van der Waals surface area contributed by atoms with Gasteiger partial charge < -0.3 is 4.42 Å². The van der Waals surface area contributed by atoms with Crippen molar-refractivity contribution in [2.75, 3.05) is 0 Å². The predicted molar refractivity (Wildman–Crippen MR) is 107 cm³/mol. The van der Waals surface area contributed by atoms with Crippen LogP contribution in [0.3, 0.4) is 0 Å². The van der Waals surface area contributed by atoms with E-state index >= 15 is 0 Å². The van der Waals surface area contributed by atoms with E-state index < -0.39 is 11.4 Å². The summed E-state index contributed by atoms with van der Waals surface area (Å²) < 4.78 is 6.50. The Morgan fingerprint density at radius 3 is 2.07 bits per heavy atom. The van der Waals surface area contributed by atoms with Crippen molar-refractivity contribution in [2.24, 2.45) is 0 Å². The molecule has 0 saturated heterocycles. The van der Waals surface area contributed by atoms with Crippen LogP contribution >= 0.6 is 0 Å². The van der Waals surface area contributed by atoms with E-state index in [1.807, 2.05) is 66.7 Å². The van der Waals surface area contributed by atoms with Crippen LogP contribution in [0.1, 0.15) is 5.56 Å². The van der Waals surface area contributed by atoms with Crippen molar-refractivity contribution in [3.8, 4) is 0 Å². The van der Waals surface area contributed by atoms with Crippen molar-refractivity contribution in [1.29, 1.82) is 0 Å². The van der Waals surface area contributed by atoms with Gasteiger partial charge in [-0.25, -0.2) is 9.59 Å². The van der Waals surface area contributed by atoms with Crippen LogP contribution in [0.25, 0.3) is 32.4 Å². The van der Waals surface area contributed by atoms with Gasteiger partial charge in [0.25, 0.3) is 0 Å². The highest BCUT2D eigenvalue weighted by atomic mass is 16.4. The molecule has 130 valence electrons. The van der Waals surface area contributed by atoms with Crippen molar-refractivity contribution in [1.82, 2.24) is 4.57 Å². The molecule has 0 bridgehead atoms. The Bertz CT molecular complexity index is 1440. The second-order valence-electron chi connectivity index (χ2n) is 6.64. The number of aromatic nitrogens is 1. The maximum Gasteiger partial charge on any atom is 0.422 e. The lowest BCUT2D eigenvalue weighted by atomic mass is 10.1. The third-order valence-electron chi connectivity index (χ3n) is 4.93. The van der Waals surface area contributed by atoms with Crippen LogP contribution in [0.5, 0.6) is 0 Å². The van der Waals surface area contributed by atoms with Gasteiger partial charge in [0.05, 0.1) is 17.4 Å². The highest BCUT2D eigenvalue weighted by Gasteiger charge is 2.11. The molecule has 4 aromatic carbocycles. The number of hydrogen-bond acceptors (Lipinski definition) is 3. The van der Waals surface area contributed by atoms with Crippen LogP contribution < -0.4 is 11.4 Å². The normalized spacial score (nSPS) is 11.4. The average Bonchev–Trinajstić information content (AvgIpc) is 2.70. The van der Waals surface area contributed by atoms with E-state index in [0.717, 1.165) is 27.1 Å². The SMILES string of the molecule is O=c1oc(=O)n(Cc2ccc3ccccc3c2)c2cc3ccccc3cc12. The largest absolute Gasteiger partial charge is 0.422 e. The third kappa shape index (κ3) is 2.62. The van der Waals surface area contributed by atoms with Crippen molar-refractivity contribution >= 4 is 32.4 Å². The summed E-state index contributed by atoms with van der Waals surface area (Å²) in [6.45, 7) is 0.336. The van der Waals surface area contributed by atoms with E-state index in [9.17, 15) is 9.59 Å². The summed E-state index contributed by atoms with van der Waals surface area (Å²) in [5.74, 6) is -0.643. The molecule has 0 spiro atoms. The minimum Gasteiger partial charge on any atom is -0.372 e. The fraction of sp³-hybridized carbons (Fsp3) is 0.0435. The van der Waals surface area contributed by atoms with Crippen LogP contribution in [0.2, 0.25) is 0 Å². The van der Waals surface area contributed by atoms with E-state index in [1.165, 1.54) is 4.57 Å². The molecule has 1 aromatic heterocycles. The third-order valence-corrected chi connectivity index (χ3v) is 4.93.